The average Bonchev–Trinajstić information content (AvgIpc) is 2.92. The fourth-order valence-electron chi connectivity index (χ4n) is 4.89. The van der Waals surface area contributed by atoms with Crippen LogP contribution in [0.5, 0.6) is 0 Å². The number of likely N-dealkylation sites (tertiary alicyclic amines) is 1. The highest BCUT2D eigenvalue weighted by atomic mass is 35.5. The molecule has 2 saturated heterocycles. The van der Waals surface area contributed by atoms with Gasteiger partial charge in [-0.3, -0.25) is 4.79 Å². The second-order valence-electron chi connectivity index (χ2n) is 9.36. The normalized spacial score (nSPS) is 17.3. The number of anilines is 2. The van der Waals surface area contributed by atoms with E-state index in [1.54, 1.807) is 30.3 Å². The van der Waals surface area contributed by atoms with Crippen LogP contribution in [0.4, 0.5) is 25.8 Å². The first-order chi connectivity index (χ1) is 17.5. The molecular formula is C26H32ClF2N5O2. The van der Waals surface area contributed by atoms with Crippen LogP contribution in [0.1, 0.15) is 30.4 Å². The Bertz CT molecular complexity index is 1060. The van der Waals surface area contributed by atoms with Crippen LogP contribution in [0.3, 0.4) is 0 Å². The van der Waals surface area contributed by atoms with Crippen LogP contribution in [0.2, 0.25) is 5.02 Å². The van der Waals surface area contributed by atoms with Gasteiger partial charge in [0, 0.05) is 85.8 Å². The van der Waals surface area contributed by atoms with Crippen molar-refractivity contribution in [2.45, 2.75) is 38.7 Å². The number of piperidine rings is 1. The van der Waals surface area contributed by atoms with Crippen LogP contribution in [-0.4, -0.2) is 67.6 Å². The molecule has 0 saturated carbocycles. The van der Waals surface area contributed by atoms with E-state index in [9.17, 15) is 18.5 Å². The van der Waals surface area contributed by atoms with Crippen molar-refractivity contribution in [3.63, 3.8) is 0 Å². The second-order valence-corrected chi connectivity index (χ2v) is 9.76. The van der Waals surface area contributed by atoms with E-state index in [-0.39, 0.29) is 17.6 Å². The van der Waals surface area contributed by atoms with Gasteiger partial charge in [0.15, 0.2) is 0 Å². The minimum atomic E-state index is -0.723. The number of halogens is 3. The number of carbonyl (C=O) groups excluding carboxylic acids is 1. The minimum absolute atomic E-state index is 0.139. The van der Waals surface area contributed by atoms with Crippen molar-refractivity contribution in [1.82, 2.24) is 9.80 Å². The summed E-state index contributed by atoms with van der Waals surface area (Å²) in [6, 6.07) is 10.6. The SMILES string of the molecule is O=Nc1ccc(NC2CCN(CCC(=O)N3CCN(c4ccc(Cl)c(CF)c4)CC3)CC2)cc1CF. The van der Waals surface area contributed by atoms with E-state index in [1.807, 2.05) is 11.0 Å². The molecule has 0 radical (unpaired) electrons. The van der Waals surface area contributed by atoms with Gasteiger partial charge in [-0.1, -0.05) is 11.6 Å². The molecule has 2 aliphatic rings. The van der Waals surface area contributed by atoms with Crippen molar-refractivity contribution in [3.05, 3.63) is 57.5 Å². The lowest BCUT2D eigenvalue weighted by Gasteiger charge is -2.37. The van der Waals surface area contributed by atoms with Gasteiger partial charge in [0.25, 0.3) is 0 Å². The zero-order chi connectivity index (χ0) is 25.5. The summed E-state index contributed by atoms with van der Waals surface area (Å²) in [6.07, 6.45) is 2.34. The first kappa shape index (κ1) is 26.3. The summed E-state index contributed by atoms with van der Waals surface area (Å²) < 4.78 is 26.2. The third-order valence-corrected chi connectivity index (χ3v) is 7.46. The highest BCUT2D eigenvalue weighted by Crippen LogP contribution is 2.27. The van der Waals surface area contributed by atoms with Gasteiger partial charge in [-0.2, -0.15) is 0 Å². The Balaban J connectivity index is 1.17. The summed E-state index contributed by atoms with van der Waals surface area (Å²) >= 11 is 6.02. The molecule has 36 heavy (non-hydrogen) atoms. The molecule has 2 fully saturated rings. The highest BCUT2D eigenvalue weighted by molar-refractivity contribution is 6.31. The lowest BCUT2D eigenvalue weighted by atomic mass is 10.0. The van der Waals surface area contributed by atoms with E-state index < -0.39 is 13.3 Å². The Labute approximate surface area is 215 Å². The van der Waals surface area contributed by atoms with Crippen LogP contribution in [0.25, 0.3) is 0 Å². The lowest BCUT2D eigenvalue weighted by molar-refractivity contribution is -0.131. The Kier molecular flexibility index (Phi) is 9.09. The number of benzene rings is 2. The number of nitroso groups, excluding NO2 is 1. The number of nitrogens with zero attached hydrogens (tertiary/aromatic N) is 4. The molecule has 4 rings (SSSR count). The number of piperazine rings is 1. The standard InChI is InChI=1S/C26H32ClF2N5O2/c27-24-3-2-23(16-19(24)17-28)33-11-13-34(14-12-33)26(35)7-10-32-8-5-21(6-9-32)30-22-1-4-25(31-36)20(15-22)18-29/h1-4,15-16,21,30H,5-14,17-18H2. The van der Waals surface area contributed by atoms with Crippen molar-refractivity contribution in [3.8, 4) is 0 Å². The number of carbonyl (C=O) groups is 1. The van der Waals surface area contributed by atoms with Gasteiger partial charge in [0.05, 0.1) is 0 Å². The van der Waals surface area contributed by atoms with E-state index in [2.05, 4.69) is 20.3 Å². The van der Waals surface area contributed by atoms with Crippen LogP contribution in [0.15, 0.2) is 41.6 Å². The molecule has 2 aromatic rings. The van der Waals surface area contributed by atoms with Gasteiger partial charge < -0.3 is 20.0 Å². The van der Waals surface area contributed by atoms with Crippen molar-refractivity contribution in [1.29, 1.82) is 0 Å². The van der Waals surface area contributed by atoms with Gasteiger partial charge in [-0.25, -0.2) is 8.78 Å². The predicted molar refractivity (Wildman–Crippen MR) is 139 cm³/mol. The molecule has 10 heteroatoms. The second kappa shape index (κ2) is 12.5. The van der Waals surface area contributed by atoms with Gasteiger partial charge in [-0.05, 0) is 54.4 Å². The highest BCUT2D eigenvalue weighted by Gasteiger charge is 2.24. The van der Waals surface area contributed by atoms with Crippen molar-refractivity contribution in [2.24, 2.45) is 5.18 Å². The summed E-state index contributed by atoms with van der Waals surface area (Å²) in [7, 11) is 0. The number of nitrogens with one attached hydrogen (secondary N) is 1. The van der Waals surface area contributed by atoms with E-state index in [4.69, 9.17) is 11.6 Å². The van der Waals surface area contributed by atoms with Crippen LogP contribution in [-0.2, 0) is 18.1 Å². The maximum Gasteiger partial charge on any atom is 0.223 e. The number of alkyl halides is 2. The van der Waals surface area contributed by atoms with Gasteiger partial charge in [-0.15, -0.1) is 4.91 Å². The third kappa shape index (κ3) is 6.50. The Hall–Kier alpha value is -2.78. The monoisotopic (exact) mass is 519 g/mol. The maximum atomic E-state index is 13.1. The molecule has 1 N–H and O–H groups in total. The number of rotatable bonds is 9. The topological polar surface area (TPSA) is 68.2 Å². The lowest BCUT2D eigenvalue weighted by Crippen LogP contribution is -2.49. The molecule has 0 aliphatic carbocycles. The molecule has 0 unspecified atom stereocenters. The Morgan fingerprint density at radius 3 is 2.36 bits per heavy atom. The first-order valence-electron chi connectivity index (χ1n) is 12.4. The van der Waals surface area contributed by atoms with Gasteiger partial charge in [0.2, 0.25) is 5.91 Å². The zero-order valence-electron chi connectivity index (χ0n) is 20.3. The zero-order valence-corrected chi connectivity index (χ0v) is 21.0. The molecule has 0 aromatic heterocycles. The van der Waals surface area contributed by atoms with Crippen molar-refractivity contribution < 1.29 is 13.6 Å². The van der Waals surface area contributed by atoms with Gasteiger partial charge >= 0.3 is 0 Å². The molecular weight excluding hydrogens is 488 g/mol. The summed E-state index contributed by atoms with van der Waals surface area (Å²) in [6.45, 7) is 3.91. The molecule has 0 atom stereocenters. The third-order valence-electron chi connectivity index (χ3n) is 7.09. The molecule has 0 bridgehead atoms. The fraction of sp³-hybridized carbons (Fsp3) is 0.500. The summed E-state index contributed by atoms with van der Waals surface area (Å²) in [5.74, 6) is 0.165. The van der Waals surface area contributed by atoms with Crippen LogP contribution < -0.4 is 10.2 Å². The number of hydrogen-bond acceptors (Lipinski definition) is 6. The molecule has 1 amide bonds. The smallest absolute Gasteiger partial charge is 0.223 e. The van der Waals surface area contributed by atoms with E-state index in [1.165, 1.54) is 0 Å². The molecule has 0 spiro atoms. The van der Waals surface area contributed by atoms with E-state index in [0.717, 1.165) is 43.9 Å². The van der Waals surface area contributed by atoms with Crippen molar-refractivity contribution in [2.75, 3.05) is 56.0 Å². The molecule has 194 valence electrons. The van der Waals surface area contributed by atoms with E-state index >= 15 is 0 Å². The maximum absolute atomic E-state index is 13.1. The minimum Gasteiger partial charge on any atom is -0.382 e. The fourth-order valence-corrected chi connectivity index (χ4v) is 5.06. The number of hydrogen-bond donors (Lipinski definition) is 1. The Morgan fingerprint density at radius 2 is 1.69 bits per heavy atom. The molecule has 2 aliphatic heterocycles. The van der Waals surface area contributed by atoms with Gasteiger partial charge in [0.1, 0.15) is 19.0 Å². The quantitative estimate of drug-likeness (QED) is 0.456. The molecule has 2 heterocycles. The number of amides is 1. The van der Waals surface area contributed by atoms with Crippen LogP contribution in [0, 0.1) is 4.91 Å². The Morgan fingerprint density at radius 1 is 0.972 bits per heavy atom. The van der Waals surface area contributed by atoms with Crippen LogP contribution >= 0.6 is 11.6 Å². The largest absolute Gasteiger partial charge is 0.382 e. The molecule has 2 aromatic carbocycles. The average molecular weight is 520 g/mol. The summed E-state index contributed by atoms with van der Waals surface area (Å²) in [4.78, 5) is 29.9. The van der Waals surface area contributed by atoms with Crippen molar-refractivity contribution >= 4 is 34.6 Å². The first-order valence-corrected chi connectivity index (χ1v) is 12.8. The summed E-state index contributed by atoms with van der Waals surface area (Å²) in [5, 5.41) is 6.72. The predicted octanol–water partition coefficient (Wildman–Crippen LogP) is 5.29. The summed E-state index contributed by atoms with van der Waals surface area (Å²) in [5.41, 5.74) is 2.66. The molecule has 7 nitrogen and oxygen atoms in total. The van der Waals surface area contributed by atoms with E-state index in [0.29, 0.717) is 48.7 Å².